The number of imidazole rings is 1. The van der Waals surface area contributed by atoms with Gasteiger partial charge in [-0.2, -0.15) is 9.97 Å². The minimum Gasteiger partial charge on any atom is -0.463 e. The standard InChI is InChI=1S/C22H30N6O3/c1-3-4-14-31-21-25-19(23)18-20(26-21)28(22(30)24-18)15-17-9-7-16(8-10-17)6-5-11-27(2)12-13-29/h7-10,13H,3-6,11-12,14-15H2,1-2H3,(H,24,30)(H2,23,25,26). The monoisotopic (exact) mass is 426 g/mol. The van der Waals surface area contributed by atoms with E-state index in [1.165, 1.54) is 5.56 Å². The molecule has 0 atom stereocenters. The molecule has 2 aromatic heterocycles. The van der Waals surface area contributed by atoms with Gasteiger partial charge in [0.1, 0.15) is 11.8 Å². The number of unbranched alkanes of at least 4 members (excludes halogenated alkanes) is 1. The van der Waals surface area contributed by atoms with Gasteiger partial charge in [-0.3, -0.25) is 9.47 Å². The summed E-state index contributed by atoms with van der Waals surface area (Å²) in [5.74, 6) is 0.197. The van der Waals surface area contributed by atoms with E-state index in [2.05, 4.69) is 34.0 Å². The second-order valence-corrected chi connectivity index (χ2v) is 7.66. The number of carbonyl (C=O) groups is 1. The van der Waals surface area contributed by atoms with Crippen molar-refractivity contribution in [3.05, 3.63) is 45.9 Å². The predicted molar refractivity (Wildman–Crippen MR) is 120 cm³/mol. The number of benzene rings is 1. The lowest BCUT2D eigenvalue weighted by atomic mass is 10.1. The number of nitrogens with two attached hydrogens (primary N) is 1. The van der Waals surface area contributed by atoms with Gasteiger partial charge in [-0.05, 0) is 44.0 Å². The van der Waals surface area contributed by atoms with Gasteiger partial charge in [0.15, 0.2) is 11.5 Å². The molecule has 0 radical (unpaired) electrons. The average molecular weight is 427 g/mol. The molecule has 0 spiro atoms. The number of nitrogens with one attached hydrogen (secondary N) is 1. The molecule has 2 heterocycles. The van der Waals surface area contributed by atoms with E-state index in [-0.39, 0.29) is 17.5 Å². The maximum Gasteiger partial charge on any atom is 0.328 e. The number of anilines is 1. The van der Waals surface area contributed by atoms with Gasteiger partial charge < -0.3 is 20.2 Å². The first kappa shape index (κ1) is 22.5. The third-order valence-electron chi connectivity index (χ3n) is 5.11. The lowest BCUT2D eigenvalue weighted by Gasteiger charge is -2.12. The van der Waals surface area contributed by atoms with Crippen molar-refractivity contribution in [1.82, 2.24) is 24.4 Å². The summed E-state index contributed by atoms with van der Waals surface area (Å²) in [6, 6.07) is 8.34. The number of H-pyrrole nitrogens is 1. The number of ether oxygens (including phenoxy) is 1. The molecule has 0 fully saturated rings. The van der Waals surface area contributed by atoms with E-state index >= 15 is 0 Å². The fraction of sp³-hybridized carbons (Fsp3) is 0.455. The first-order valence-electron chi connectivity index (χ1n) is 10.6. The first-order valence-corrected chi connectivity index (χ1v) is 10.6. The third kappa shape index (κ3) is 5.91. The molecule has 0 bridgehead atoms. The molecule has 9 nitrogen and oxygen atoms in total. The Morgan fingerprint density at radius 3 is 2.65 bits per heavy atom. The smallest absolute Gasteiger partial charge is 0.328 e. The number of hydrogen-bond donors (Lipinski definition) is 2. The molecule has 9 heteroatoms. The van der Waals surface area contributed by atoms with Crippen LogP contribution >= 0.6 is 0 Å². The number of aromatic amines is 1. The van der Waals surface area contributed by atoms with Crippen molar-refractivity contribution in [1.29, 1.82) is 0 Å². The number of likely N-dealkylation sites (N-methyl/N-ethyl adjacent to an activating group) is 1. The molecule has 0 saturated carbocycles. The number of aromatic nitrogens is 4. The summed E-state index contributed by atoms with van der Waals surface area (Å²) in [5, 5.41) is 0. The number of rotatable bonds is 12. The Bertz CT molecular complexity index is 1060. The molecule has 3 aromatic rings. The van der Waals surface area contributed by atoms with Crippen LogP contribution in [-0.4, -0.2) is 57.4 Å². The summed E-state index contributed by atoms with van der Waals surface area (Å²) in [6.07, 6.45) is 4.71. The van der Waals surface area contributed by atoms with Crippen LogP contribution in [0.15, 0.2) is 29.1 Å². The molecule has 3 N–H and O–H groups in total. The number of hydrogen-bond acceptors (Lipinski definition) is 7. The average Bonchev–Trinajstić information content (AvgIpc) is 3.06. The summed E-state index contributed by atoms with van der Waals surface area (Å²) in [6.45, 7) is 4.27. The topological polar surface area (TPSA) is 119 Å². The van der Waals surface area contributed by atoms with Crippen molar-refractivity contribution in [2.75, 3.05) is 32.5 Å². The maximum absolute atomic E-state index is 12.5. The van der Waals surface area contributed by atoms with E-state index in [1.54, 1.807) is 4.57 Å². The van der Waals surface area contributed by atoms with Crippen LogP contribution in [0.2, 0.25) is 0 Å². The molecule has 1 aromatic carbocycles. The third-order valence-corrected chi connectivity index (χ3v) is 5.11. The van der Waals surface area contributed by atoms with Crippen LogP contribution in [0.1, 0.15) is 37.3 Å². The number of nitrogen functional groups attached to an aromatic ring is 1. The highest BCUT2D eigenvalue weighted by Gasteiger charge is 2.15. The Labute approximate surface area is 181 Å². The number of nitrogens with zero attached hydrogens (tertiary/aromatic N) is 4. The molecule has 0 aliphatic carbocycles. The van der Waals surface area contributed by atoms with E-state index in [9.17, 15) is 9.59 Å². The SMILES string of the molecule is CCCCOc1nc(N)c2[nH]c(=O)n(Cc3ccc(CCCN(C)CC=O)cc3)c2n1. The Morgan fingerprint density at radius 2 is 1.94 bits per heavy atom. The summed E-state index contributed by atoms with van der Waals surface area (Å²) in [5.41, 5.74) is 8.77. The Hall–Kier alpha value is -3.20. The number of aldehydes is 1. The van der Waals surface area contributed by atoms with Crippen LogP contribution < -0.4 is 16.2 Å². The first-order chi connectivity index (χ1) is 15.0. The predicted octanol–water partition coefficient (Wildman–Crippen LogP) is 1.99. The second-order valence-electron chi connectivity index (χ2n) is 7.66. The van der Waals surface area contributed by atoms with E-state index in [4.69, 9.17) is 10.5 Å². The minimum atomic E-state index is -0.288. The molecule has 166 valence electrons. The lowest BCUT2D eigenvalue weighted by Crippen LogP contribution is -2.22. The molecule has 0 aliphatic heterocycles. The van der Waals surface area contributed by atoms with Gasteiger partial charge in [0, 0.05) is 0 Å². The highest BCUT2D eigenvalue weighted by atomic mass is 16.5. The highest BCUT2D eigenvalue weighted by molar-refractivity contribution is 5.81. The summed E-state index contributed by atoms with van der Waals surface area (Å²) in [7, 11) is 1.94. The summed E-state index contributed by atoms with van der Waals surface area (Å²) in [4.78, 5) is 36.3. The van der Waals surface area contributed by atoms with Crippen LogP contribution in [0.5, 0.6) is 6.01 Å². The molecule has 0 saturated heterocycles. The molecule has 3 rings (SSSR count). The van der Waals surface area contributed by atoms with Crippen LogP contribution in [0, 0.1) is 0 Å². The van der Waals surface area contributed by atoms with E-state index in [0.717, 1.165) is 44.1 Å². The highest BCUT2D eigenvalue weighted by Crippen LogP contribution is 2.19. The molecule has 31 heavy (non-hydrogen) atoms. The Morgan fingerprint density at radius 1 is 1.19 bits per heavy atom. The van der Waals surface area contributed by atoms with Crippen molar-refractivity contribution >= 4 is 23.3 Å². The molecule has 0 aliphatic rings. The fourth-order valence-electron chi connectivity index (χ4n) is 3.32. The minimum absolute atomic E-state index is 0.182. The van der Waals surface area contributed by atoms with Crippen LogP contribution in [0.3, 0.4) is 0 Å². The van der Waals surface area contributed by atoms with E-state index in [0.29, 0.717) is 30.9 Å². The Balaban J connectivity index is 1.71. The normalized spacial score (nSPS) is 11.3. The zero-order valence-electron chi connectivity index (χ0n) is 18.1. The summed E-state index contributed by atoms with van der Waals surface area (Å²) < 4.78 is 7.13. The fourth-order valence-corrected chi connectivity index (χ4v) is 3.32. The zero-order chi connectivity index (χ0) is 22.2. The van der Waals surface area contributed by atoms with E-state index in [1.807, 2.05) is 24.1 Å². The van der Waals surface area contributed by atoms with Crippen LogP contribution in [-0.2, 0) is 17.8 Å². The van der Waals surface area contributed by atoms with Gasteiger partial charge in [0.25, 0.3) is 0 Å². The van der Waals surface area contributed by atoms with Gasteiger partial charge in [0.2, 0.25) is 0 Å². The van der Waals surface area contributed by atoms with Crippen molar-refractivity contribution in [2.24, 2.45) is 0 Å². The molecular formula is C22H30N6O3. The quantitative estimate of drug-likeness (QED) is 0.336. The van der Waals surface area contributed by atoms with Crippen molar-refractivity contribution in [2.45, 2.75) is 39.2 Å². The van der Waals surface area contributed by atoms with Crippen molar-refractivity contribution < 1.29 is 9.53 Å². The van der Waals surface area contributed by atoms with Crippen molar-refractivity contribution in [3.8, 4) is 6.01 Å². The number of carbonyl (C=O) groups excluding carboxylic acids is 1. The molecular weight excluding hydrogens is 396 g/mol. The number of fused-ring (bicyclic) bond motifs is 1. The maximum atomic E-state index is 12.5. The number of aryl methyl sites for hydroxylation is 1. The lowest BCUT2D eigenvalue weighted by molar-refractivity contribution is -0.108. The second kappa shape index (κ2) is 10.7. The van der Waals surface area contributed by atoms with Crippen molar-refractivity contribution in [3.63, 3.8) is 0 Å². The summed E-state index contributed by atoms with van der Waals surface area (Å²) >= 11 is 0. The van der Waals surface area contributed by atoms with Gasteiger partial charge in [-0.15, -0.1) is 0 Å². The van der Waals surface area contributed by atoms with Crippen LogP contribution in [0.25, 0.3) is 11.2 Å². The van der Waals surface area contributed by atoms with Gasteiger partial charge in [-0.1, -0.05) is 37.6 Å². The van der Waals surface area contributed by atoms with Crippen LogP contribution in [0.4, 0.5) is 5.82 Å². The largest absolute Gasteiger partial charge is 0.463 e. The molecule has 0 amide bonds. The Kier molecular flexibility index (Phi) is 7.77. The van der Waals surface area contributed by atoms with Gasteiger partial charge in [0.05, 0.1) is 19.7 Å². The molecule has 0 unspecified atom stereocenters. The van der Waals surface area contributed by atoms with Gasteiger partial charge >= 0.3 is 11.7 Å². The zero-order valence-corrected chi connectivity index (χ0v) is 18.1. The van der Waals surface area contributed by atoms with Gasteiger partial charge in [-0.25, -0.2) is 4.79 Å². The van der Waals surface area contributed by atoms with E-state index < -0.39 is 0 Å².